The van der Waals surface area contributed by atoms with Crippen LogP contribution in [-0.4, -0.2) is 19.7 Å². The number of hydrogen-bond acceptors (Lipinski definition) is 6. The number of nitrogens with two attached hydrogens (primary N) is 1. The van der Waals surface area contributed by atoms with Gasteiger partial charge in [0.25, 0.3) is 0 Å². The van der Waals surface area contributed by atoms with Gasteiger partial charge >= 0.3 is 5.63 Å². The number of nitrogens with zero attached hydrogens (tertiary/aromatic N) is 4. The molecule has 0 aliphatic carbocycles. The second-order valence-corrected chi connectivity index (χ2v) is 8.43. The molecule has 3 heterocycles. The van der Waals surface area contributed by atoms with E-state index in [-0.39, 0.29) is 5.63 Å². The molecule has 31 heavy (non-hydrogen) atoms. The summed E-state index contributed by atoms with van der Waals surface area (Å²) in [6.07, 6.45) is 1.41. The highest BCUT2D eigenvalue weighted by molar-refractivity contribution is 14.1. The van der Waals surface area contributed by atoms with E-state index in [0.29, 0.717) is 31.7 Å². The van der Waals surface area contributed by atoms with E-state index >= 15 is 0 Å². The normalized spacial score (nSPS) is 12.5. The topological polar surface area (TPSA) is 99.8 Å². The van der Waals surface area contributed by atoms with Crippen molar-refractivity contribution in [3.63, 3.8) is 0 Å². The second kappa shape index (κ2) is 7.45. The minimum Gasteiger partial charge on any atom is -0.424 e. The molecule has 154 valence electrons. The van der Waals surface area contributed by atoms with Gasteiger partial charge in [0.05, 0.1) is 10.8 Å². The number of rotatable bonds is 3. The molecule has 7 nitrogen and oxygen atoms in total. The van der Waals surface area contributed by atoms with E-state index in [0.717, 1.165) is 22.1 Å². The van der Waals surface area contributed by atoms with Crippen LogP contribution in [-0.2, 0) is 0 Å². The highest BCUT2D eigenvalue weighted by Gasteiger charge is 2.25. The van der Waals surface area contributed by atoms with Crippen LogP contribution < -0.4 is 11.4 Å². The van der Waals surface area contributed by atoms with Gasteiger partial charge in [-0.2, -0.15) is 5.10 Å². The maximum Gasteiger partial charge on any atom is 0.343 e. The third kappa shape index (κ3) is 3.18. The Morgan fingerprint density at radius 1 is 1.10 bits per heavy atom. The van der Waals surface area contributed by atoms with Crippen LogP contribution in [0.15, 0.2) is 64.1 Å². The van der Waals surface area contributed by atoms with Crippen LogP contribution in [0.4, 0.5) is 5.82 Å². The quantitative estimate of drug-likeness (QED) is 0.344. The van der Waals surface area contributed by atoms with Crippen molar-refractivity contribution in [3.05, 3.63) is 80.3 Å². The summed E-state index contributed by atoms with van der Waals surface area (Å²) < 4.78 is 8.37. The van der Waals surface area contributed by atoms with Crippen LogP contribution in [0.25, 0.3) is 32.9 Å². The van der Waals surface area contributed by atoms with Gasteiger partial charge in [-0.15, -0.1) is 0 Å². The first kappa shape index (κ1) is 19.7. The summed E-state index contributed by atoms with van der Waals surface area (Å²) in [5.41, 5.74) is 9.10. The Balaban J connectivity index is 1.84. The van der Waals surface area contributed by atoms with E-state index in [2.05, 4.69) is 37.7 Å². The average Bonchev–Trinajstić information content (AvgIpc) is 3.12. The zero-order valence-corrected chi connectivity index (χ0v) is 19.0. The van der Waals surface area contributed by atoms with Gasteiger partial charge in [0, 0.05) is 10.9 Å². The monoisotopic (exact) mass is 523 g/mol. The number of benzene rings is 2. The summed E-state index contributed by atoms with van der Waals surface area (Å²) in [4.78, 5) is 21.4. The molecule has 3 aromatic heterocycles. The highest BCUT2D eigenvalue weighted by atomic mass is 127. The molecule has 0 aliphatic rings. The summed E-state index contributed by atoms with van der Waals surface area (Å²) in [6.45, 7) is 3.89. The Morgan fingerprint density at radius 3 is 2.65 bits per heavy atom. The standard InChI is InChI=1S/C23H18IN5O2/c1-12-8-9-15-16(10-12)23(30)31-19(17(15)14-6-4-3-5-7-14)13(2)29-22-18(20(24)28-29)21(25)26-11-27-22/h3-11,13H,1-2H3,(H2,25,26,27). The number of aryl methyl sites for hydroxylation is 1. The third-order valence-electron chi connectivity index (χ3n) is 5.40. The van der Waals surface area contributed by atoms with Gasteiger partial charge in [-0.25, -0.2) is 19.4 Å². The number of nitrogen functional groups attached to an aromatic ring is 1. The number of anilines is 1. The van der Waals surface area contributed by atoms with Crippen LogP contribution in [0, 0.1) is 10.6 Å². The van der Waals surface area contributed by atoms with E-state index in [9.17, 15) is 4.79 Å². The van der Waals surface area contributed by atoms with Crippen molar-refractivity contribution in [2.24, 2.45) is 0 Å². The molecule has 0 radical (unpaired) electrons. The number of halogens is 1. The van der Waals surface area contributed by atoms with E-state index in [1.165, 1.54) is 6.33 Å². The van der Waals surface area contributed by atoms with Crippen molar-refractivity contribution in [3.8, 4) is 11.1 Å². The zero-order chi connectivity index (χ0) is 21.7. The van der Waals surface area contributed by atoms with Crippen molar-refractivity contribution in [1.29, 1.82) is 0 Å². The van der Waals surface area contributed by atoms with Crippen LogP contribution >= 0.6 is 22.6 Å². The molecule has 2 N–H and O–H groups in total. The Kier molecular flexibility index (Phi) is 4.73. The Bertz CT molecular complexity index is 1510. The van der Waals surface area contributed by atoms with Gasteiger partial charge in [0.15, 0.2) is 5.65 Å². The van der Waals surface area contributed by atoms with Crippen molar-refractivity contribution in [1.82, 2.24) is 19.7 Å². The summed E-state index contributed by atoms with van der Waals surface area (Å²) in [6, 6.07) is 15.3. The van der Waals surface area contributed by atoms with Crippen LogP contribution in [0.2, 0.25) is 0 Å². The maximum atomic E-state index is 13.0. The number of hydrogen-bond donors (Lipinski definition) is 1. The van der Waals surface area contributed by atoms with E-state index in [1.807, 2.05) is 62.4 Å². The van der Waals surface area contributed by atoms with Crippen molar-refractivity contribution >= 4 is 50.2 Å². The van der Waals surface area contributed by atoms with Gasteiger partial charge in [-0.1, -0.05) is 48.0 Å². The predicted molar refractivity (Wildman–Crippen MR) is 129 cm³/mol. The molecule has 0 fully saturated rings. The fourth-order valence-corrected chi connectivity index (χ4v) is 4.66. The Morgan fingerprint density at radius 2 is 1.87 bits per heavy atom. The van der Waals surface area contributed by atoms with Gasteiger partial charge < -0.3 is 10.2 Å². The molecule has 0 aliphatic heterocycles. The first-order chi connectivity index (χ1) is 15.0. The zero-order valence-electron chi connectivity index (χ0n) is 16.8. The van der Waals surface area contributed by atoms with Gasteiger partial charge in [-0.3, -0.25) is 0 Å². The summed E-state index contributed by atoms with van der Waals surface area (Å²) in [5.74, 6) is 0.886. The average molecular weight is 523 g/mol. The van der Waals surface area contributed by atoms with Crippen LogP contribution in [0.3, 0.4) is 0 Å². The summed E-state index contributed by atoms with van der Waals surface area (Å²) >= 11 is 2.12. The molecule has 0 spiro atoms. The minimum absolute atomic E-state index is 0.367. The SMILES string of the molecule is Cc1ccc2c(-c3ccccc3)c(C(C)n3nc(I)c4c(N)ncnc43)oc(=O)c2c1. The lowest BCUT2D eigenvalue weighted by atomic mass is 9.95. The van der Waals surface area contributed by atoms with E-state index in [1.54, 1.807) is 4.68 Å². The van der Waals surface area contributed by atoms with Crippen molar-refractivity contribution in [2.75, 3.05) is 5.73 Å². The lowest BCUT2D eigenvalue weighted by molar-refractivity contribution is 0.404. The van der Waals surface area contributed by atoms with Crippen molar-refractivity contribution < 1.29 is 4.42 Å². The molecule has 0 saturated carbocycles. The lowest BCUT2D eigenvalue weighted by Crippen LogP contribution is -2.14. The molecule has 5 aromatic rings. The fraction of sp³-hybridized carbons (Fsp3) is 0.130. The van der Waals surface area contributed by atoms with E-state index < -0.39 is 6.04 Å². The molecule has 0 bridgehead atoms. The van der Waals surface area contributed by atoms with E-state index in [4.69, 9.17) is 10.2 Å². The first-order valence-corrected chi connectivity index (χ1v) is 10.8. The summed E-state index contributed by atoms with van der Waals surface area (Å²) in [7, 11) is 0. The molecule has 8 heteroatoms. The minimum atomic E-state index is -0.408. The number of fused-ring (bicyclic) bond motifs is 2. The van der Waals surface area contributed by atoms with Gasteiger partial charge in [0.2, 0.25) is 0 Å². The molecule has 2 aromatic carbocycles. The Hall–Kier alpha value is -3.27. The highest BCUT2D eigenvalue weighted by Crippen LogP contribution is 2.36. The van der Waals surface area contributed by atoms with Gasteiger partial charge in [0.1, 0.15) is 27.6 Å². The smallest absolute Gasteiger partial charge is 0.343 e. The van der Waals surface area contributed by atoms with Crippen LogP contribution in [0.1, 0.15) is 24.3 Å². The molecule has 5 rings (SSSR count). The molecule has 1 unspecified atom stereocenters. The predicted octanol–water partition coefficient (Wildman–Crippen LogP) is 4.70. The second-order valence-electron chi connectivity index (χ2n) is 7.41. The largest absolute Gasteiger partial charge is 0.424 e. The molecule has 1 atom stereocenters. The summed E-state index contributed by atoms with van der Waals surface area (Å²) in [5, 5.41) is 6.73. The fourth-order valence-electron chi connectivity index (χ4n) is 3.91. The van der Waals surface area contributed by atoms with Gasteiger partial charge in [-0.05, 0) is 48.1 Å². The van der Waals surface area contributed by atoms with Crippen LogP contribution in [0.5, 0.6) is 0 Å². The first-order valence-electron chi connectivity index (χ1n) is 9.72. The third-order valence-corrected chi connectivity index (χ3v) is 6.15. The molecular formula is C23H18IN5O2. The Labute approximate surface area is 191 Å². The van der Waals surface area contributed by atoms with Crippen molar-refractivity contribution in [2.45, 2.75) is 19.9 Å². The molecule has 0 saturated heterocycles. The lowest BCUT2D eigenvalue weighted by Gasteiger charge is -2.18. The molecular weight excluding hydrogens is 505 g/mol. The maximum absolute atomic E-state index is 13.0. The number of aromatic nitrogens is 4. The molecule has 0 amide bonds.